The predicted molar refractivity (Wildman–Crippen MR) is 81.4 cm³/mol. The number of aryl methyl sites for hydroxylation is 3. The Labute approximate surface area is 116 Å². The van der Waals surface area contributed by atoms with Gasteiger partial charge in [-0.3, -0.25) is 0 Å². The molecular weight excluding hydrogens is 254 g/mol. The van der Waals surface area contributed by atoms with E-state index >= 15 is 0 Å². The van der Waals surface area contributed by atoms with Crippen LogP contribution < -0.4 is 5.32 Å². The van der Waals surface area contributed by atoms with E-state index in [1.54, 1.807) is 17.7 Å². The van der Waals surface area contributed by atoms with Crippen molar-refractivity contribution in [2.24, 2.45) is 0 Å². The van der Waals surface area contributed by atoms with Crippen LogP contribution in [0.5, 0.6) is 0 Å². The van der Waals surface area contributed by atoms with Crippen molar-refractivity contribution in [2.45, 2.75) is 20.8 Å². The Morgan fingerprint density at radius 1 is 1.00 bits per heavy atom. The maximum absolute atomic E-state index is 4.35. The van der Waals surface area contributed by atoms with Gasteiger partial charge in [0.15, 0.2) is 0 Å². The Hall–Kier alpha value is -1.94. The van der Waals surface area contributed by atoms with Gasteiger partial charge >= 0.3 is 0 Å². The molecule has 0 unspecified atom stereocenters. The second-order valence-electron chi connectivity index (χ2n) is 4.72. The molecule has 19 heavy (non-hydrogen) atoms. The molecule has 2 aromatic heterocycles. The Kier molecular flexibility index (Phi) is 2.95. The number of nitrogens with zero attached hydrogens (tertiary/aromatic N) is 2. The van der Waals surface area contributed by atoms with Crippen molar-refractivity contribution in [3.63, 3.8) is 0 Å². The molecule has 0 bridgehead atoms. The number of thiophene rings is 1. The molecule has 0 saturated heterocycles. The average Bonchev–Trinajstić information content (AvgIpc) is 2.75. The molecule has 3 nitrogen and oxygen atoms in total. The molecule has 96 valence electrons. The minimum Gasteiger partial charge on any atom is -0.340 e. The van der Waals surface area contributed by atoms with Crippen LogP contribution >= 0.6 is 11.3 Å². The summed E-state index contributed by atoms with van der Waals surface area (Å²) in [6.07, 6.45) is 1.61. The smallest absolute Gasteiger partial charge is 0.142 e. The summed E-state index contributed by atoms with van der Waals surface area (Å²) < 4.78 is 0. The molecule has 0 aliphatic rings. The largest absolute Gasteiger partial charge is 0.340 e. The van der Waals surface area contributed by atoms with Gasteiger partial charge in [-0.15, -0.1) is 11.3 Å². The van der Waals surface area contributed by atoms with Crippen molar-refractivity contribution in [1.82, 2.24) is 9.97 Å². The molecule has 0 saturated carbocycles. The Balaban J connectivity index is 2.02. The number of anilines is 2. The van der Waals surface area contributed by atoms with Gasteiger partial charge in [-0.1, -0.05) is 6.07 Å². The van der Waals surface area contributed by atoms with E-state index in [2.05, 4.69) is 60.3 Å². The lowest BCUT2D eigenvalue weighted by Gasteiger charge is -2.08. The van der Waals surface area contributed by atoms with Crippen molar-refractivity contribution in [3.8, 4) is 0 Å². The number of hydrogen-bond acceptors (Lipinski definition) is 4. The summed E-state index contributed by atoms with van der Waals surface area (Å²) in [7, 11) is 0. The van der Waals surface area contributed by atoms with Crippen LogP contribution in [0.2, 0.25) is 0 Å². The van der Waals surface area contributed by atoms with Gasteiger partial charge in [0.2, 0.25) is 0 Å². The minimum atomic E-state index is 0.873. The van der Waals surface area contributed by atoms with Gasteiger partial charge in [0.1, 0.15) is 17.0 Å². The molecule has 0 radical (unpaired) electrons. The van der Waals surface area contributed by atoms with E-state index in [9.17, 15) is 0 Å². The first kappa shape index (κ1) is 12.1. The summed E-state index contributed by atoms with van der Waals surface area (Å²) in [6.45, 7) is 6.32. The van der Waals surface area contributed by atoms with Gasteiger partial charge in [-0.25, -0.2) is 9.97 Å². The maximum atomic E-state index is 4.35. The summed E-state index contributed by atoms with van der Waals surface area (Å²) in [5.41, 5.74) is 3.63. The first-order valence-electron chi connectivity index (χ1n) is 6.19. The third-order valence-electron chi connectivity index (χ3n) is 3.22. The summed E-state index contributed by atoms with van der Waals surface area (Å²) in [5.74, 6) is 0.873. The fourth-order valence-corrected chi connectivity index (χ4v) is 2.88. The number of nitrogens with one attached hydrogen (secondary N) is 1. The predicted octanol–water partition coefficient (Wildman–Crippen LogP) is 4.36. The number of aromatic nitrogens is 2. The van der Waals surface area contributed by atoms with Crippen LogP contribution in [0.15, 0.2) is 30.6 Å². The van der Waals surface area contributed by atoms with E-state index in [1.807, 2.05) is 0 Å². The molecule has 0 amide bonds. The molecular formula is C15H15N3S. The van der Waals surface area contributed by atoms with Crippen molar-refractivity contribution in [2.75, 3.05) is 5.32 Å². The van der Waals surface area contributed by atoms with Gasteiger partial charge in [-0.05, 0) is 50.1 Å². The monoisotopic (exact) mass is 269 g/mol. The summed E-state index contributed by atoms with van der Waals surface area (Å²) in [4.78, 5) is 10.9. The molecule has 3 rings (SSSR count). The van der Waals surface area contributed by atoms with Crippen LogP contribution in [0.25, 0.3) is 10.2 Å². The second-order valence-corrected chi connectivity index (χ2v) is 5.96. The van der Waals surface area contributed by atoms with Gasteiger partial charge < -0.3 is 5.32 Å². The lowest BCUT2D eigenvalue weighted by atomic mass is 10.1. The highest BCUT2D eigenvalue weighted by Crippen LogP contribution is 2.29. The van der Waals surface area contributed by atoms with Crippen LogP contribution in [-0.4, -0.2) is 9.97 Å². The highest BCUT2D eigenvalue weighted by Gasteiger charge is 2.07. The van der Waals surface area contributed by atoms with Crippen molar-refractivity contribution >= 4 is 33.1 Å². The lowest BCUT2D eigenvalue weighted by Crippen LogP contribution is -1.95. The van der Waals surface area contributed by atoms with Crippen molar-refractivity contribution < 1.29 is 0 Å². The summed E-state index contributed by atoms with van der Waals surface area (Å²) in [6, 6.07) is 8.47. The molecule has 3 aromatic rings. The SMILES string of the molecule is Cc1cc2c(Nc3ccc(C)c(C)c3)ncnc2s1. The third kappa shape index (κ3) is 2.31. The van der Waals surface area contributed by atoms with Gasteiger partial charge in [-0.2, -0.15) is 0 Å². The second kappa shape index (κ2) is 4.63. The Bertz CT molecular complexity index is 746. The lowest BCUT2D eigenvalue weighted by molar-refractivity contribution is 1.23. The zero-order valence-electron chi connectivity index (χ0n) is 11.2. The molecule has 2 heterocycles. The van der Waals surface area contributed by atoms with Gasteiger partial charge in [0, 0.05) is 10.6 Å². The Morgan fingerprint density at radius 3 is 2.63 bits per heavy atom. The summed E-state index contributed by atoms with van der Waals surface area (Å²) >= 11 is 1.69. The minimum absolute atomic E-state index is 0.873. The quantitative estimate of drug-likeness (QED) is 0.751. The zero-order chi connectivity index (χ0) is 13.4. The number of rotatable bonds is 2. The van der Waals surface area contributed by atoms with E-state index in [-0.39, 0.29) is 0 Å². The molecule has 1 aromatic carbocycles. The van der Waals surface area contributed by atoms with Crippen LogP contribution in [0.4, 0.5) is 11.5 Å². The highest BCUT2D eigenvalue weighted by molar-refractivity contribution is 7.18. The first-order valence-corrected chi connectivity index (χ1v) is 7.00. The molecule has 0 fully saturated rings. The van der Waals surface area contributed by atoms with Crippen molar-refractivity contribution in [3.05, 3.63) is 46.6 Å². The van der Waals surface area contributed by atoms with Crippen LogP contribution in [0.1, 0.15) is 16.0 Å². The molecule has 0 spiro atoms. The first-order chi connectivity index (χ1) is 9.13. The van der Waals surface area contributed by atoms with E-state index < -0.39 is 0 Å². The molecule has 1 N–H and O–H groups in total. The highest BCUT2D eigenvalue weighted by atomic mass is 32.1. The van der Waals surface area contributed by atoms with Gasteiger partial charge in [0.25, 0.3) is 0 Å². The van der Waals surface area contributed by atoms with E-state index in [4.69, 9.17) is 0 Å². The average molecular weight is 269 g/mol. The fourth-order valence-electron chi connectivity index (χ4n) is 2.03. The fraction of sp³-hybridized carbons (Fsp3) is 0.200. The van der Waals surface area contributed by atoms with Crippen LogP contribution in [-0.2, 0) is 0 Å². The molecule has 0 aliphatic carbocycles. The summed E-state index contributed by atoms with van der Waals surface area (Å²) in [5, 5.41) is 4.47. The van der Waals surface area contributed by atoms with Crippen LogP contribution in [0.3, 0.4) is 0 Å². The van der Waals surface area contributed by atoms with Crippen LogP contribution in [0, 0.1) is 20.8 Å². The zero-order valence-corrected chi connectivity index (χ0v) is 12.0. The molecule has 0 atom stereocenters. The maximum Gasteiger partial charge on any atom is 0.142 e. The normalized spacial score (nSPS) is 10.9. The van der Waals surface area contributed by atoms with Gasteiger partial charge in [0.05, 0.1) is 5.39 Å². The molecule has 0 aliphatic heterocycles. The third-order valence-corrected chi connectivity index (χ3v) is 4.18. The van der Waals surface area contributed by atoms with E-state index in [0.717, 1.165) is 21.7 Å². The number of benzene rings is 1. The van der Waals surface area contributed by atoms with E-state index in [1.165, 1.54) is 16.0 Å². The molecule has 4 heteroatoms. The number of fused-ring (bicyclic) bond motifs is 1. The van der Waals surface area contributed by atoms with E-state index in [0.29, 0.717) is 0 Å². The Morgan fingerprint density at radius 2 is 1.84 bits per heavy atom. The number of hydrogen-bond donors (Lipinski definition) is 1. The standard InChI is InChI=1S/C15H15N3S/c1-9-4-5-12(6-10(9)2)18-14-13-7-11(3)19-15(13)17-8-16-14/h4-8H,1-3H3,(H,16,17,18). The van der Waals surface area contributed by atoms with Crippen molar-refractivity contribution in [1.29, 1.82) is 0 Å². The topological polar surface area (TPSA) is 37.8 Å².